The SMILES string of the molecule is CCC(N)C(I)C(I)C(O)C(N)C(I)C(O)C(C)N. The van der Waals surface area contributed by atoms with E-state index < -0.39 is 18.2 Å². The topological polar surface area (TPSA) is 119 Å². The monoisotopic (exact) mass is 611 g/mol. The highest BCUT2D eigenvalue weighted by Crippen LogP contribution is 2.27. The summed E-state index contributed by atoms with van der Waals surface area (Å²) in [5.74, 6) is 0. The third kappa shape index (κ3) is 6.32. The fourth-order valence-corrected chi connectivity index (χ4v) is 4.60. The maximum atomic E-state index is 10.4. The zero-order valence-corrected chi connectivity index (χ0v) is 17.6. The Kier molecular flexibility index (Phi) is 10.9. The summed E-state index contributed by atoms with van der Waals surface area (Å²) in [6.07, 6.45) is -0.609. The second-order valence-electron chi connectivity index (χ2n) is 4.82. The normalized spacial score (nSPS) is 24.9. The van der Waals surface area contributed by atoms with Crippen LogP contribution < -0.4 is 17.2 Å². The lowest BCUT2D eigenvalue weighted by Gasteiger charge is -2.34. The molecule has 0 saturated carbocycles. The van der Waals surface area contributed by atoms with Gasteiger partial charge in [-0.3, -0.25) is 0 Å². The Morgan fingerprint density at radius 1 is 0.895 bits per heavy atom. The highest BCUT2D eigenvalue weighted by molar-refractivity contribution is 14.1. The Bertz CT molecular complexity index is 261. The molecular weight excluding hydrogens is 587 g/mol. The van der Waals surface area contributed by atoms with Gasteiger partial charge in [-0.2, -0.15) is 0 Å². The summed E-state index contributed by atoms with van der Waals surface area (Å²) >= 11 is 6.50. The molecule has 0 aliphatic carbocycles. The minimum atomic E-state index is -0.735. The fourth-order valence-electron chi connectivity index (χ4n) is 1.57. The molecule has 116 valence electrons. The van der Waals surface area contributed by atoms with Gasteiger partial charge in [0.15, 0.2) is 0 Å². The molecule has 19 heavy (non-hydrogen) atoms. The molecule has 8 heteroatoms. The number of alkyl halides is 3. The first-order chi connectivity index (χ1) is 8.64. The molecule has 0 amide bonds. The van der Waals surface area contributed by atoms with Gasteiger partial charge in [-0.05, 0) is 13.3 Å². The van der Waals surface area contributed by atoms with Crippen LogP contribution in [-0.4, -0.2) is 52.3 Å². The van der Waals surface area contributed by atoms with E-state index in [-0.39, 0.29) is 23.9 Å². The van der Waals surface area contributed by atoms with Crippen molar-refractivity contribution in [1.82, 2.24) is 0 Å². The average molecular weight is 611 g/mol. The zero-order chi connectivity index (χ0) is 15.3. The number of aliphatic hydroxyl groups is 2. The van der Waals surface area contributed by atoms with Crippen molar-refractivity contribution in [2.75, 3.05) is 0 Å². The number of halogens is 3. The molecule has 8 N–H and O–H groups in total. The molecule has 0 spiro atoms. The standard InChI is InChI=1S/C11H24I3N3O2/c1-3-5(16)6(12)7(13)11(19)9(17)8(14)10(18)4(2)15/h4-11,18-19H,3,15-17H2,1-2H3. The molecule has 5 nitrogen and oxygen atoms in total. The third-order valence-electron chi connectivity index (χ3n) is 3.14. The van der Waals surface area contributed by atoms with Crippen LogP contribution in [0.1, 0.15) is 20.3 Å². The van der Waals surface area contributed by atoms with Gasteiger partial charge in [-0.25, -0.2) is 0 Å². The lowest BCUT2D eigenvalue weighted by molar-refractivity contribution is 0.0957. The number of nitrogens with two attached hydrogens (primary N) is 3. The Morgan fingerprint density at radius 2 is 1.37 bits per heavy atom. The van der Waals surface area contributed by atoms with E-state index in [4.69, 9.17) is 17.2 Å². The van der Waals surface area contributed by atoms with Gasteiger partial charge < -0.3 is 27.4 Å². The molecule has 0 aliphatic rings. The van der Waals surface area contributed by atoms with E-state index in [9.17, 15) is 10.2 Å². The number of hydrogen-bond acceptors (Lipinski definition) is 5. The maximum absolute atomic E-state index is 10.4. The summed E-state index contributed by atoms with van der Waals surface area (Å²) in [4.78, 5) is 0. The van der Waals surface area contributed by atoms with E-state index in [1.165, 1.54) is 0 Å². The van der Waals surface area contributed by atoms with E-state index in [1.807, 2.05) is 6.92 Å². The Labute approximate surface area is 156 Å². The van der Waals surface area contributed by atoms with Crippen LogP contribution in [0.3, 0.4) is 0 Å². The summed E-state index contributed by atoms with van der Waals surface area (Å²) < 4.78 is -0.243. The largest absolute Gasteiger partial charge is 0.390 e. The summed E-state index contributed by atoms with van der Waals surface area (Å²) in [5, 5.41) is 20.3. The molecule has 0 aromatic carbocycles. The van der Waals surface area contributed by atoms with Crippen molar-refractivity contribution < 1.29 is 10.2 Å². The van der Waals surface area contributed by atoms with Crippen molar-refractivity contribution >= 4 is 67.8 Å². The quantitative estimate of drug-likeness (QED) is 0.203. The first-order valence-corrected chi connectivity index (χ1v) is 9.93. The van der Waals surface area contributed by atoms with Crippen LogP contribution in [-0.2, 0) is 0 Å². The van der Waals surface area contributed by atoms with E-state index in [0.29, 0.717) is 0 Å². The van der Waals surface area contributed by atoms with Crippen LogP contribution >= 0.6 is 67.8 Å². The van der Waals surface area contributed by atoms with E-state index in [2.05, 4.69) is 67.8 Å². The second kappa shape index (κ2) is 9.90. The van der Waals surface area contributed by atoms with Crippen LogP contribution in [0.5, 0.6) is 0 Å². The van der Waals surface area contributed by atoms with Gasteiger partial charge in [-0.15, -0.1) is 0 Å². The van der Waals surface area contributed by atoms with Gasteiger partial charge in [0.1, 0.15) is 0 Å². The summed E-state index contributed by atoms with van der Waals surface area (Å²) in [6, 6.07) is -0.888. The maximum Gasteiger partial charge on any atom is 0.0830 e. The smallest absolute Gasteiger partial charge is 0.0830 e. The zero-order valence-electron chi connectivity index (χ0n) is 11.1. The van der Waals surface area contributed by atoms with Gasteiger partial charge in [-0.1, -0.05) is 74.7 Å². The van der Waals surface area contributed by atoms with Gasteiger partial charge in [0.25, 0.3) is 0 Å². The van der Waals surface area contributed by atoms with Gasteiger partial charge in [0, 0.05) is 22.1 Å². The molecule has 0 aliphatic heterocycles. The van der Waals surface area contributed by atoms with Gasteiger partial charge in [0.2, 0.25) is 0 Å². The minimum absolute atomic E-state index is 0.0235. The van der Waals surface area contributed by atoms with Crippen LogP contribution in [0.4, 0.5) is 0 Å². The predicted molar refractivity (Wildman–Crippen MR) is 105 cm³/mol. The highest BCUT2D eigenvalue weighted by atomic mass is 127. The number of hydrogen-bond donors (Lipinski definition) is 5. The molecule has 0 saturated heterocycles. The molecule has 0 radical (unpaired) electrons. The fraction of sp³-hybridized carbons (Fsp3) is 1.00. The Morgan fingerprint density at radius 3 is 1.74 bits per heavy atom. The lowest BCUT2D eigenvalue weighted by atomic mass is 9.96. The summed E-state index contributed by atoms with van der Waals surface area (Å²) in [5.41, 5.74) is 17.7. The first-order valence-electron chi connectivity index (χ1n) is 6.20. The molecule has 0 bridgehead atoms. The molecule has 0 fully saturated rings. The summed E-state index contributed by atoms with van der Waals surface area (Å²) in [7, 11) is 0. The Hall–Kier alpha value is 1.99. The molecule has 8 atom stereocenters. The number of rotatable bonds is 8. The van der Waals surface area contributed by atoms with Crippen LogP contribution in [0.15, 0.2) is 0 Å². The molecular formula is C11H24I3N3O2. The second-order valence-corrected chi connectivity index (χ2v) is 9.14. The average Bonchev–Trinajstić information content (AvgIpc) is 2.40. The van der Waals surface area contributed by atoms with Crippen molar-refractivity contribution in [2.45, 2.75) is 62.4 Å². The van der Waals surface area contributed by atoms with E-state index >= 15 is 0 Å². The van der Waals surface area contributed by atoms with Gasteiger partial charge >= 0.3 is 0 Å². The molecule has 0 aromatic rings. The van der Waals surface area contributed by atoms with E-state index in [0.717, 1.165) is 6.42 Å². The van der Waals surface area contributed by atoms with Crippen molar-refractivity contribution in [3.8, 4) is 0 Å². The molecule has 8 unspecified atom stereocenters. The van der Waals surface area contributed by atoms with Crippen molar-refractivity contribution in [3.05, 3.63) is 0 Å². The third-order valence-corrected chi connectivity index (χ3v) is 9.29. The summed E-state index contributed by atoms with van der Waals surface area (Å²) in [6.45, 7) is 3.75. The Balaban J connectivity index is 4.67. The lowest BCUT2D eigenvalue weighted by Crippen LogP contribution is -2.56. The molecule has 0 rings (SSSR count). The van der Waals surface area contributed by atoms with E-state index in [1.54, 1.807) is 6.92 Å². The van der Waals surface area contributed by atoms with Crippen molar-refractivity contribution in [3.63, 3.8) is 0 Å². The highest BCUT2D eigenvalue weighted by Gasteiger charge is 2.37. The predicted octanol–water partition coefficient (Wildman–Crippen LogP) is 0.531. The number of aliphatic hydroxyl groups excluding tert-OH is 2. The van der Waals surface area contributed by atoms with Crippen LogP contribution in [0.2, 0.25) is 0 Å². The van der Waals surface area contributed by atoms with Crippen molar-refractivity contribution in [1.29, 1.82) is 0 Å². The van der Waals surface area contributed by atoms with Crippen LogP contribution in [0, 0.1) is 0 Å². The molecule has 0 heterocycles. The minimum Gasteiger partial charge on any atom is -0.390 e. The van der Waals surface area contributed by atoms with Crippen molar-refractivity contribution in [2.24, 2.45) is 17.2 Å². The van der Waals surface area contributed by atoms with Crippen LogP contribution in [0.25, 0.3) is 0 Å². The van der Waals surface area contributed by atoms with Gasteiger partial charge in [0.05, 0.1) is 20.1 Å². The molecule has 0 aromatic heterocycles. The first kappa shape index (κ1) is 21.0.